The van der Waals surface area contributed by atoms with Gasteiger partial charge in [-0.2, -0.15) is 0 Å². The second kappa shape index (κ2) is 7.12. The molecule has 1 aromatic rings. The Hall–Kier alpha value is -1.58. The van der Waals surface area contributed by atoms with Crippen molar-refractivity contribution in [2.45, 2.75) is 64.3 Å². The fraction of sp³-hybridized carbons (Fsp3) is 0.667. The Bertz CT molecular complexity index is 533. The average Bonchev–Trinajstić information content (AvgIpc) is 3.18. The van der Waals surface area contributed by atoms with E-state index in [2.05, 4.69) is 33.9 Å². The van der Waals surface area contributed by atoms with Crippen LogP contribution >= 0.6 is 0 Å². The maximum atomic E-state index is 12.0. The van der Waals surface area contributed by atoms with Gasteiger partial charge in [-0.05, 0) is 32.6 Å². The zero-order valence-corrected chi connectivity index (χ0v) is 13.6. The minimum Gasteiger partial charge on any atom is -0.355 e. The first-order valence-electron chi connectivity index (χ1n) is 8.71. The van der Waals surface area contributed by atoms with Gasteiger partial charge in [0.05, 0.1) is 0 Å². The van der Waals surface area contributed by atoms with E-state index >= 15 is 0 Å². The molecule has 1 fully saturated rings. The molecule has 1 saturated carbocycles. The number of aromatic nitrogens is 2. The summed E-state index contributed by atoms with van der Waals surface area (Å²) >= 11 is 0. The van der Waals surface area contributed by atoms with Gasteiger partial charge in [0.1, 0.15) is 5.82 Å². The van der Waals surface area contributed by atoms with Crippen LogP contribution in [0.1, 0.15) is 62.5 Å². The van der Waals surface area contributed by atoms with Gasteiger partial charge in [0.15, 0.2) is 0 Å². The van der Waals surface area contributed by atoms with Gasteiger partial charge in [0.2, 0.25) is 5.91 Å². The molecule has 0 spiro atoms. The molecule has 0 atom stereocenters. The van der Waals surface area contributed by atoms with Gasteiger partial charge in [-0.1, -0.05) is 31.4 Å². The van der Waals surface area contributed by atoms with E-state index in [0.717, 1.165) is 25.1 Å². The summed E-state index contributed by atoms with van der Waals surface area (Å²) in [4.78, 5) is 16.6. The fourth-order valence-electron chi connectivity index (χ4n) is 3.79. The molecule has 0 unspecified atom stereocenters. The van der Waals surface area contributed by atoms with Crippen LogP contribution in [0.15, 0.2) is 18.3 Å². The minimum atomic E-state index is 0.153. The highest BCUT2D eigenvalue weighted by Gasteiger charge is 2.21. The first-order chi connectivity index (χ1) is 10.8. The molecular weight excluding hydrogens is 274 g/mol. The smallest absolute Gasteiger partial charge is 0.223 e. The largest absolute Gasteiger partial charge is 0.355 e. The van der Waals surface area contributed by atoms with Gasteiger partial charge in [-0.15, -0.1) is 0 Å². The third-order valence-corrected chi connectivity index (χ3v) is 5.02. The number of carbonyl (C=O) groups is 1. The number of allylic oxidation sites excluding steroid dienone is 2. The van der Waals surface area contributed by atoms with Crippen molar-refractivity contribution in [1.82, 2.24) is 14.9 Å². The number of rotatable bonds is 5. The zero-order valence-electron chi connectivity index (χ0n) is 13.6. The maximum absolute atomic E-state index is 12.0. The van der Waals surface area contributed by atoms with Gasteiger partial charge >= 0.3 is 0 Å². The molecule has 0 aliphatic heterocycles. The summed E-state index contributed by atoms with van der Waals surface area (Å²) in [6.45, 7) is 2.84. The van der Waals surface area contributed by atoms with Crippen molar-refractivity contribution in [2.75, 3.05) is 6.54 Å². The number of hydrogen-bond acceptors (Lipinski definition) is 2. The van der Waals surface area contributed by atoms with E-state index in [1.807, 2.05) is 6.20 Å². The number of nitrogens with one attached hydrogen (secondary N) is 1. The first kappa shape index (κ1) is 15.3. The molecule has 2 aliphatic rings. The molecule has 120 valence electrons. The summed E-state index contributed by atoms with van der Waals surface area (Å²) in [6, 6.07) is 0.612. The van der Waals surface area contributed by atoms with Crippen LogP contribution in [0.2, 0.25) is 0 Å². The lowest BCUT2D eigenvalue weighted by Gasteiger charge is -2.26. The van der Waals surface area contributed by atoms with Crippen molar-refractivity contribution in [3.05, 3.63) is 29.9 Å². The topological polar surface area (TPSA) is 46.9 Å². The second-order valence-electron chi connectivity index (χ2n) is 6.66. The van der Waals surface area contributed by atoms with Gasteiger partial charge in [0.25, 0.3) is 0 Å². The number of imidazole rings is 1. The molecule has 4 nitrogen and oxygen atoms in total. The summed E-state index contributed by atoms with van der Waals surface area (Å²) in [5, 5.41) is 3.08. The minimum absolute atomic E-state index is 0.153. The molecule has 22 heavy (non-hydrogen) atoms. The van der Waals surface area contributed by atoms with E-state index in [-0.39, 0.29) is 11.8 Å². The lowest BCUT2D eigenvalue weighted by molar-refractivity contribution is -0.124. The Labute approximate surface area is 133 Å². The van der Waals surface area contributed by atoms with Crippen molar-refractivity contribution >= 4 is 5.91 Å². The van der Waals surface area contributed by atoms with Gasteiger partial charge in [-0.3, -0.25) is 4.79 Å². The van der Waals surface area contributed by atoms with Crippen LogP contribution in [0.3, 0.4) is 0 Å². The highest BCUT2D eigenvalue weighted by atomic mass is 16.1. The van der Waals surface area contributed by atoms with E-state index in [1.165, 1.54) is 37.8 Å². The summed E-state index contributed by atoms with van der Waals surface area (Å²) in [7, 11) is 0. The Morgan fingerprint density at radius 1 is 1.27 bits per heavy atom. The van der Waals surface area contributed by atoms with Crippen molar-refractivity contribution in [1.29, 1.82) is 0 Å². The monoisotopic (exact) mass is 301 g/mol. The van der Waals surface area contributed by atoms with Crippen molar-refractivity contribution < 1.29 is 4.79 Å². The van der Waals surface area contributed by atoms with Crippen molar-refractivity contribution in [3.8, 4) is 0 Å². The fourth-order valence-corrected chi connectivity index (χ4v) is 3.79. The van der Waals surface area contributed by atoms with E-state index in [0.29, 0.717) is 12.6 Å². The van der Waals surface area contributed by atoms with E-state index in [1.54, 1.807) is 0 Å². The Balaban J connectivity index is 1.55. The van der Waals surface area contributed by atoms with Crippen LogP contribution in [0.5, 0.6) is 0 Å². The number of amides is 1. The lowest BCUT2D eigenvalue weighted by atomic mass is 9.95. The van der Waals surface area contributed by atoms with Crippen LogP contribution in [0.4, 0.5) is 0 Å². The lowest BCUT2D eigenvalue weighted by Crippen LogP contribution is -2.31. The standard InChI is InChI=1S/C18H27N3O/c1-14-13-20-17(21(14)16-9-3-2-4-10-16)11-12-19-18(22)15-7-5-6-8-15/h5-6,13,15-16H,2-4,7-12H2,1H3,(H,19,22). The predicted molar refractivity (Wildman–Crippen MR) is 87.7 cm³/mol. The first-order valence-corrected chi connectivity index (χ1v) is 8.71. The van der Waals surface area contributed by atoms with Crippen molar-refractivity contribution in [3.63, 3.8) is 0 Å². The molecular formula is C18H27N3O. The number of nitrogens with zero attached hydrogens (tertiary/aromatic N) is 2. The van der Waals surface area contributed by atoms with Crippen LogP contribution in [0, 0.1) is 12.8 Å². The SMILES string of the molecule is Cc1cnc(CCNC(=O)C2CC=CC2)n1C1CCCCC1. The molecule has 1 aromatic heterocycles. The van der Waals surface area contributed by atoms with Crippen molar-refractivity contribution in [2.24, 2.45) is 5.92 Å². The molecule has 0 radical (unpaired) electrons. The number of hydrogen-bond donors (Lipinski definition) is 1. The molecule has 4 heteroatoms. The number of aryl methyl sites for hydroxylation is 1. The van der Waals surface area contributed by atoms with Gasteiger partial charge < -0.3 is 9.88 Å². The molecule has 1 heterocycles. The third-order valence-electron chi connectivity index (χ3n) is 5.02. The molecule has 2 aliphatic carbocycles. The van der Waals surface area contributed by atoms with E-state index in [9.17, 15) is 4.79 Å². The molecule has 3 rings (SSSR count). The molecule has 1 amide bonds. The Morgan fingerprint density at radius 3 is 2.73 bits per heavy atom. The Kier molecular flexibility index (Phi) is 4.96. The van der Waals surface area contributed by atoms with Gasteiger partial charge in [-0.25, -0.2) is 4.98 Å². The van der Waals surface area contributed by atoms with Crippen LogP contribution in [-0.2, 0) is 11.2 Å². The van der Waals surface area contributed by atoms with Crippen LogP contribution < -0.4 is 5.32 Å². The molecule has 0 saturated heterocycles. The van der Waals surface area contributed by atoms with E-state index < -0.39 is 0 Å². The highest BCUT2D eigenvalue weighted by Crippen LogP contribution is 2.30. The summed E-state index contributed by atoms with van der Waals surface area (Å²) in [5.41, 5.74) is 1.26. The van der Waals surface area contributed by atoms with E-state index in [4.69, 9.17) is 0 Å². The molecule has 0 aromatic carbocycles. The summed E-state index contributed by atoms with van der Waals surface area (Å²) < 4.78 is 2.42. The van der Waals surface area contributed by atoms with Gasteiger partial charge in [0, 0.05) is 36.8 Å². The zero-order chi connectivity index (χ0) is 15.4. The second-order valence-corrected chi connectivity index (χ2v) is 6.66. The normalized spacial score (nSPS) is 19.7. The Morgan fingerprint density at radius 2 is 2.00 bits per heavy atom. The third kappa shape index (κ3) is 3.42. The van der Waals surface area contributed by atoms with Crippen LogP contribution in [-0.4, -0.2) is 22.0 Å². The quantitative estimate of drug-likeness (QED) is 0.848. The highest BCUT2D eigenvalue weighted by molar-refractivity contribution is 5.79. The van der Waals surface area contributed by atoms with Crippen LogP contribution in [0.25, 0.3) is 0 Å². The molecule has 1 N–H and O–H groups in total. The predicted octanol–water partition coefficient (Wildman–Crippen LogP) is 3.32. The molecule has 0 bridgehead atoms. The maximum Gasteiger partial charge on any atom is 0.223 e. The number of carbonyl (C=O) groups excluding carboxylic acids is 1. The summed E-state index contributed by atoms with van der Waals surface area (Å²) in [6.07, 6.45) is 15.3. The average molecular weight is 301 g/mol. The summed E-state index contributed by atoms with van der Waals surface area (Å²) in [5.74, 6) is 1.48.